The molecule has 3 aromatic rings. The lowest BCUT2D eigenvalue weighted by Gasteiger charge is -2.40. The molecule has 0 aromatic heterocycles. The zero-order chi connectivity index (χ0) is 27.0. The first-order valence-corrected chi connectivity index (χ1v) is 14.6. The molecule has 0 fully saturated rings. The van der Waals surface area contributed by atoms with E-state index in [0.717, 1.165) is 31.9 Å². The second kappa shape index (κ2) is 12.9. The van der Waals surface area contributed by atoms with Gasteiger partial charge in [-0.3, -0.25) is 4.79 Å². The monoisotopic (exact) mass is 524 g/mol. The van der Waals surface area contributed by atoms with Gasteiger partial charge in [0.05, 0.1) is 18.3 Å². The number of hydrogen-bond acceptors (Lipinski definition) is 5. The van der Waals surface area contributed by atoms with E-state index >= 15 is 0 Å². The number of benzene rings is 3. The van der Waals surface area contributed by atoms with Crippen LogP contribution in [0.4, 0.5) is 0 Å². The van der Waals surface area contributed by atoms with Crippen molar-refractivity contribution < 1.29 is 23.2 Å². The van der Waals surface area contributed by atoms with E-state index < -0.39 is 10.3 Å². The van der Waals surface area contributed by atoms with Crippen molar-refractivity contribution in [2.75, 3.05) is 0 Å². The Morgan fingerprint density at radius 3 is 1.14 bits per heavy atom. The first-order chi connectivity index (χ1) is 17.6. The van der Waals surface area contributed by atoms with Gasteiger partial charge >= 0.3 is 5.97 Å². The minimum atomic E-state index is -2.41. The zero-order valence-corrected chi connectivity index (χ0v) is 23.8. The van der Waals surface area contributed by atoms with E-state index in [-0.39, 0.29) is 24.3 Å². The summed E-state index contributed by atoms with van der Waals surface area (Å²) in [6.45, 7) is 14.0. The van der Waals surface area contributed by atoms with E-state index in [9.17, 15) is 4.79 Å². The van der Waals surface area contributed by atoms with Gasteiger partial charge in [-0.15, -0.1) is 0 Å². The highest BCUT2D eigenvalue weighted by atomic mass is 32.3. The van der Waals surface area contributed by atoms with Crippen LogP contribution in [0.1, 0.15) is 61.3 Å². The number of ether oxygens (including phenoxy) is 3. The third-order valence-corrected chi connectivity index (χ3v) is 8.50. The predicted octanol–water partition coefficient (Wildman–Crippen LogP) is 8.59. The van der Waals surface area contributed by atoms with Crippen LogP contribution in [0.15, 0.2) is 87.5 Å². The maximum atomic E-state index is 13.1. The van der Waals surface area contributed by atoms with E-state index in [1.807, 2.05) is 121 Å². The molecular formula is C31H40O5S. The van der Waals surface area contributed by atoms with Crippen molar-refractivity contribution in [3.8, 4) is 17.2 Å². The molecule has 3 aromatic carbocycles. The predicted molar refractivity (Wildman–Crippen MR) is 150 cm³/mol. The van der Waals surface area contributed by atoms with E-state index in [0.29, 0.717) is 12.8 Å². The lowest BCUT2D eigenvalue weighted by Crippen LogP contribution is -2.14. The van der Waals surface area contributed by atoms with Crippen LogP contribution in [0, 0.1) is 0 Å². The zero-order valence-electron chi connectivity index (χ0n) is 23.0. The van der Waals surface area contributed by atoms with Crippen molar-refractivity contribution in [1.29, 1.82) is 0 Å². The van der Waals surface area contributed by atoms with Crippen LogP contribution in [0.2, 0.25) is 0 Å². The molecule has 0 unspecified atom stereocenters. The van der Waals surface area contributed by atoms with Crippen LogP contribution in [-0.4, -0.2) is 24.3 Å². The summed E-state index contributed by atoms with van der Waals surface area (Å²) < 4.78 is 24.2. The molecular weight excluding hydrogens is 484 g/mol. The third-order valence-electron chi connectivity index (χ3n) is 5.25. The van der Waals surface area contributed by atoms with Crippen molar-refractivity contribution in [1.82, 2.24) is 0 Å². The SMILES string of the molecule is CCCC(=O)OS(c1ccc(OC(C)C)cc1)(c1ccc(OC(C)C)cc1)c1ccc(OC(C)C)cc1. The molecule has 0 heterocycles. The lowest BCUT2D eigenvalue weighted by molar-refractivity contribution is -0.133. The van der Waals surface area contributed by atoms with Gasteiger partial charge in [-0.2, -0.15) is 0 Å². The highest BCUT2D eigenvalue weighted by molar-refractivity contribution is 8.30. The minimum Gasteiger partial charge on any atom is -0.491 e. The van der Waals surface area contributed by atoms with Crippen molar-refractivity contribution >= 4 is 16.3 Å². The van der Waals surface area contributed by atoms with Crippen molar-refractivity contribution in [3.63, 3.8) is 0 Å². The van der Waals surface area contributed by atoms with Crippen LogP contribution in [0.3, 0.4) is 0 Å². The topological polar surface area (TPSA) is 54.0 Å². The van der Waals surface area contributed by atoms with Gasteiger partial charge in [-0.25, -0.2) is 0 Å². The summed E-state index contributed by atoms with van der Waals surface area (Å²) in [5.74, 6) is 2.08. The van der Waals surface area contributed by atoms with E-state index in [2.05, 4.69) is 0 Å². The van der Waals surface area contributed by atoms with E-state index in [1.54, 1.807) is 0 Å². The molecule has 37 heavy (non-hydrogen) atoms. The summed E-state index contributed by atoms with van der Waals surface area (Å²) in [6, 6.07) is 23.7. The summed E-state index contributed by atoms with van der Waals surface area (Å²) in [6.07, 6.45) is 1.23. The Kier molecular flexibility index (Phi) is 9.93. The molecule has 0 spiro atoms. The van der Waals surface area contributed by atoms with Crippen molar-refractivity contribution in [3.05, 3.63) is 72.8 Å². The summed E-state index contributed by atoms with van der Waals surface area (Å²) in [5, 5.41) is 0. The average Bonchev–Trinajstić information content (AvgIpc) is 2.83. The number of carbonyl (C=O) groups is 1. The maximum absolute atomic E-state index is 13.1. The van der Waals surface area contributed by atoms with Crippen LogP contribution < -0.4 is 14.2 Å². The second-order valence-corrected chi connectivity index (χ2v) is 12.4. The Morgan fingerprint density at radius 1 is 0.595 bits per heavy atom. The van der Waals surface area contributed by atoms with Crippen molar-refractivity contribution in [2.45, 2.75) is 94.3 Å². The molecule has 0 saturated carbocycles. The molecule has 200 valence electrons. The standard InChI is InChI=1S/C31H40O5S/c1-8-9-31(32)36-37(28-16-10-25(11-17-28)33-22(2)3,29-18-12-26(13-19-29)34-23(4)5)30-20-14-27(15-21-30)35-24(6)7/h10-24H,8-9H2,1-7H3. The fourth-order valence-corrected chi connectivity index (χ4v) is 6.91. The van der Waals surface area contributed by atoms with Crippen molar-refractivity contribution in [2.24, 2.45) is 0 Å². The fourth-order valence-electron chi connectivity index (χ4n) is 3.88. The molecule has 0 saturated heterocycles. The maximum Gasteiger partial charge on any atom is 0.317 e. The fraction of sp³-hybridized carbons (Fsp3) is 0.387. The lowest BCUT2D eigenvalue weighted by atomic mass is 10.3. The Labute approximate surface area is 223 Å². The molecule has 0 aliphatic rings. The van der Waals surface area contributed by atoms with E-state index in [4.69, 9.17) is 18.4 Å². The second-order valence-electron chi connectivity index (χ2n) is 9.68. The first-order valence-electron chi connectivity index (χ1n) is 13.0. The summed E-state index contributed by atoms with van der Waals surface area (Å²) in [4.78, 5) is 15.9. The number of carbonyl (C=O) groups excluding carboxylic acids is 1. The number of rotatable bonds is 12. The first kappa shape index (κ1) is 28.5. The Hall–Kier alpha value is -3.12. The average molecular weight is 525 g/mol. The molecule has 0 aliphatic heterocycles. The Balaban J connectivity index is 2.21. The molecule has 0 N–H and O–H groups in total. The quantitative estimate of drug-likeness (QED) is 0.237. The van der Waals surface area contributed by atoms with Gasteiger partial charge in [0.1, 0.15) is 17.2 Å². The van der Waals surface area contributed by atoms with Gasteiger partial charge in [0.25, 0.3) is 0 Å². The van der Waals surface area contributed by atoms with Gasteiger partial charge in [0.15, 0.2) is 0 Å². The molecule has 0 aliphatic carbocycles. The molecule has 0 bridgehead atoms. The van der Waals surface area contributed by atoms with Gasteiger partial charge in [-0.05, 0) is 131 Å². The van der Waals surface area contributed by atoms with Crippen LogP contribution in [0.5, 0.6) is 17.2 Å². The third kappa shape index (κ3) is 7.45. The van der Waals surface area contributed by atoms with Gasteiger partial charge in [0.2, 0.25) is 0 Å². The number of hydrogen-bond donors (Lipinski definition) is 0. The molecule has 0 radical (unpaired) electrons. The van der Waals surface area contributed by atoms with Crippen LogP contribution >= 0.6 is 10.3 Å². The Bertz CT molecular complexity index is 990. The summed E-state index contributed by atoms with van der Waals surface area (Å²) >= 11 is 0. The molecule has 3 rings (SSSR count). The molecule has 0 amide bonds. The largest absolute Gasteiger partial charge is 0.491 e. The highest BCUT2D eigenvalue weighted by Gasteiger charge is 2.36. The summed E-state index contributed by atoms with van der Waals surface area (Å²) in [5.41, 5.74) is 0. The van der Waals surface area contributed by atoms with Gasteiger partial charge in [0, 0.05) is 21.1 Å². The summed E-state index contributed by atoms with van der Waals surface area (Å²) in [7, 11) is -2.41. The highest BCUT2D eigenvalue weighted by Crippen LogP contribution is 2.69. The normalized spacial score (nSPS) is 12.1. The molecule has 5 nitrogen and oxygen atoms in total. The molecule has 0 atom stereocenters. The van der Waals surface area contributed by atoms with Crippen LogP contribution in [-0.2, 0) is 8.98 Å². The van der Waals surface area contributed by atoms with Crippen LogP contribution in [0.25, 0.3) is 0 Å². The van der Waals surface area contributed by atoms with Gasteiger partial charge < -0.3 is 18.4 Å². The van der Waals surface area contributed by atoms with Gasteiger partial charge in [-0.1, -0.05) is 6.92 Å². The Morgan fingerprint density at radius 2 is 0.892 bits per heavy atom. The van der Waals surface area contributed by atoms with E-state index in [1.165, 1.54) is 0 Å². The minimum absolute atomic E-state index is 0.0624. The molecule has 6 heteroatoms. The smallest absolute Gasteiger partial charge is 0.317 e.